The van der Waals surface area contributed by atoms with Gasteiger partial charge in [-0.15, -0.1) is 0 Å². The Morgan fingerprint density at radius 2 is 2.35 bits per heavy atom. The highest BCUT2D eigenvalue weighted by atomic mass is 16.6. The molecule has 2 rings (SSSR count). The Hall–Kier alpha value is -1.56. The molecule has 0 aromatic carbocycles. The summed E-state index contributed by atoms with van der Waals surface area (Å²) in [5, 5.41) is 14.0. The van der Waals surface area contributed by atoms with E-state index in [1.54, 1.807) is 0 Å². The Morgan fingerprint density at radius 1 is 1.59 bits per heavy atom. The second kappa shape index (κ2) is 4.75. The summed E-state index contributed by atoms with van der Waals surface area (Å²) in [5.41, 5.74) is 1.48. The number of amides is 1. The van der Waals surface area contributed by atoms with Gasteiger partial charge in [0.05, 0.1) is 17.4 Å². The highest BCUT2D eigenvalue weighted by Gasteiger charge is 2.33. The zero-order valence-electron chi connectivity index (χ0n) is 10.1. The van der Waals surface area contributed by atoms with Crippen molar-refractivity contribution in [2.75, 3.05) is 19.7 Å². The molecule has 0 spiro atoms. The van der Waals surface area contributed by atoms with E-state index < -0.39 is 0 Å². The van der Waals surface area contributed by atoms with Crippen molar-refractivity contribution in [1.29, 1.82) is 5.41 Å². The Balaban J connectivity index is 2.23. The van der Waals surface area contributed by atoms with Gasteiger partial charge >= 0.3 is 6.09 Å². The molecular weight excluding hydrogens is 220 g/mol. The fraction of sp³-hybridized carbons (Fsp3) is 0.636. The third-order valence-electron chi connectivity index (χ3n) is 3.04. The second-order valence-corrected chi connectivity index (χ2v) is 4.47. The molecule has 2 aliphatic rings. The lowest BCUT2D eigenvalue weighted by Gasteiger charge is -2.29. The van der Waals surface area contributed by atoms with Crippen molar-refractivity contribution in [1.82, 2.24) is 15.5 Å². The SMILES string of the molecule is C[C@H]1CN/C(=C(\C=N)N2C(=O)OC[C@@H]2C)CN1. The molecule has 6 heteroatoms. The zero-order chi connectivity index (χ0) is 12.4. The Labute approximate surface area is 101 Å². The molecule has 0 saturated carbocycles. The molecule has 94 valence electrons. The van der Waals surface area contributed by atoms with Crippen molar-refractivity contribution >= 4 is 12.3 Å². The molecule has 6 nitrogen and oxygen atoms in total. The molecule has 0 aromatic rings. The number of nitrogens with one attached hydrogen (secondary N) is 3. The number of nitrogens with zero attached hydrogens (tertiary/aromatic N) is 1. The molecule has 17 heavy (non-hydrogen) atoms. The fourth-order valence-electron chi connectivity index (χ4n) is 2.02. The summed E-state index contributed by atoms with van der Waals surface area (Å²) in [6.07, 6.45) is 0.840. The summed E-state index contributed by atoms with van der Waals surface area (Å²) < 4.78 is 4.97. The van der Waals surface area contributed by atoms with E-state index in [4.69, 9.17) is 10.1 Å². The van der Waals surface area contributed by atoms with E-state index in [2.05, 4.69) is 17.6 Å². The zero-order valence-corrected chi connectivity index (χ0v) is 10.1. The largest absolute Gasteiger partial charge is 0.447 e. The van der Waals surface area contributed by atoms with Crippen LogP contribution >= 0.6 is 0 Å². The minimum atomic E-state index is -0.371. The second-order valence-electron chi connectivity index (χ2n) is 4.47. The van der Waals surface area contributed by atoms with Crippen LogP contribution in [0.15, 0.2) is 11.4 Å². The molecule has 0 radical (unpaired) electrons. The maximum atomic E-state index is 11.6. The van der Waals surface area contributed by atoms with Crippen LogP contribution in [0.25, 0.3) is 0 Å². The number of allylic oxidation sites excluding steroid dienone is 1. The summed E-state index contributed by atoms with van der Waals surface area (Å²) in [6, 6.07) is 0.376. The summed E-state index contributed by atoms with van der Waals surface area (Å²) in [4.78, 5) is 13.1. The third kappa shape index (κ3) is 2.26. The van der Waals surface area contributed by atoms with E-state index in [-0.39, 0.29) is 12.1 Å². The van der Waals surface area contributed by atoms with Gasteiger partial charge in [-0.3, -0.25) is 4.90 Å². The highest BCUT2D eigenvalue weighted by Crippen LogP contribution is 2.19. The van der Waals surface area contributed by atoms with Gasteiger partial charge in [0.25, 0.3) is 0 Å². The topological polar surface area (TPSA) is 77.5 Å². The minimum absolute atomic E-state index is 0.0206. The van der Waals surface area contributed by atoms with Crippen LogP contribution in [0.3, 0.4) is 0 Å². The van der Waals surface area contributed by atoms with Crippen molar-refractivity contribution in [2.45, 2.75) is 25.9 Å². The molecule has 0 bridgehead atoms. The molecule has 0 aromatic heterocycles. The van der Waals surface area contributed by atoms with Crippen molar-refractivity contribution in [3.8, 4) is 0 Å². The number of carbonyl (C=O) groups is 1. The van der Waals surface area contributed by atoms with Gasteiger partial charge < -0.3 is 20.8 Å². The van der Waals surface area contributed by atoms with E-state index >= 15 is 0 Å². The number of hydrogen-bond acceptors (Lipinski definition) is 5. The van der Waals surface area contributed by atoms with E-state index in [0.29, 0.717) is 24.9 Å². The average molecular weight is 238 g/mol. The van der Waals surface area contributed by atoms with Crippen LogP contribution < -0.4 is 10.6 Å². The summed E-state index contributed by atoms with van der Waals surface area (Å²) in [5.74, 6) is 0. The molecule has 2 heterocycles. The third-order valence-corrected chi connectivity index (χ3v) is 3.04. The maximum absolute atomic E-state index is 11.6. The average Bonchev–Trinajstić information content (AvgIpc) is 2.64. The summed E-state index contributed by atoms with van der Waals surface area (Å²) in [6.45, 7) is 5.81. The Bertz CT molecular complexity index is 356. The number of rotatable bonds is 2. The first-order valence-electron chi connectivity index (χ1n) is 5.80. The van der Waals surface area contributed by atoms with Crippen LogP contribution in [0.1, 0.15) is 13.8 Å². The van der Waals surface area contributed by atoms with Gasteiger partial charge in [-0.2, -0.15) is 0 Å². The minimum Gasteiger partial charge on any atom is -0.447 e. The van der Waals surface area contributed by atoms with Crippen LogP contribution in [0, 0.1) is 5.41 Å². The van der Waals surface area contributed by atoms with Gasteiger partial charge in [-0.25, -0.2) is 4.79 Å². The predicted molar refractivity (Wildman–Crippen MR) is 63.9 cm³/mol. The van der Waals surface area contributed by atoms with Crippen molar-refractivity contribution in [3.05, 3.63) is 11.4 Å². The van der Waals surface area contributed by atoms with E-state index in [1.807, 2.05) is 6.92 Å². The quantitative estimate of drug-likeness (QED) is 0.603. The highest BCUT2D eigenvalue weighted by molar-refractivity contribution is 5.85. The smallest absolute Gasteiger partial charge is 0.414 e. The van der Waals surface area contributed by atoms with Gasteiger partial charge in [-0.1, -0.05) is 0 Å². The van der Waals surface area contributed by atoms with Crippen LogP contribution in [0.2, 0.25) is 0 Å². The van der Waals surface area contributed by atoms with Crippen molar-refractivity contribution in [2.24, 2.45) is 0 Å². The monoisotopic (exact) mass is 238 g/mol. The van der Waals surface area contributed by atoms with Crippen molar-refractivity contribution < 1.29 is 9.53 Å². The van der Waals surface area contributed by atoms with Gasteiger partial charge in [0.1, 0.15) is 6.61 Å². The number of ether oxygens (including phenoxy) is 1. The van der Waals surface area contributed by atoms with Gasteiger partial charge in [0.15, 0.2) is 0 Å². The van der Waals surface area contributed by atoms with E-state index in [9.17, 15) is 4.79 Å². The first kappa shape index (κ1) is 11.9. The van der Waals surface area contributed by atoms with Crippen LogP contribution in [0.5, 0.6) is 0 Å². The van der Waals surface area contributed by atoms with Crippen molar-refractivity contribution in [3.63, 3.8) is 0 Å². The molecule has 0 unspecified atom stereocenters. The summed E-state index contributed by atoms with van der Waals surface area (Å²) >= 11 is 0. The van der Waals surface area contributed by atoms with Crippen LogP contribution in [-0.4, -0.2) is 49.0 Å². The molecule has 2 atom stereocenters. The van der Waals surface area contributed by atoms with Gasteiger partial charge in [0.2, 0.25) is 0 Å². The number of carbonyl (C=O) groups excluding carboxylic acids is 1. The lowest BCUT2D eigenvalue weighted by Crippen LogP contribution is -2.47. The maximum Gasteiger partial charge on any atom is 0.414 e. The lowest BCUT2D eigenvalue weighted by molar-refractivity contribution is 0.165. The molecule has 2 aliphatic heterocycles. The Kier molecular flexibility index (Phi) is 3.33. The van der Waals surface area contributed by atoms with E-state index in [0.717, 1.165) is 12.2 Å². The molecular formula is C11H18N4O2. The predicted octanol–water partition coefficient (Wildman–Crippen LogP) is 0.270. The first-order chi connectivity index (χ1) is 8.13. The lowest BCUT2D eigenvalue weighted by atomic mass is 10.2. The molecule has 0 aliphatic carbocycles. The molecule has 1 amide bonds. The Morgan fingerprint density at radius 3 is 2.82 bits per heavy atom. The normalized spacial score (nSPS) is 31.9. The standard InChI is InChI=1S/C11H18N4O2/c1-7-4-14-9(5-13-7)10(3-12)15-8(2)6-17-11(15)16/h3,7-8,12-14H,4-6H2,1-2H3/b10-9+,12-3?/t7-,8-/m0/s1. The first-order valence-corrected chi connectivity index (χ1v) is 5.80. The molecule has 3 N–H and O–H groups in total. The molecule has 2 fully saturated rings. The number of hydrogen-bond donors (Lipinski definition) is 3. The molecule has 2 saturated heterocycles. The van der Waals surface area contributed by atoms with Crippen LogP contribution in [-0.2, 0) is 4.74 Å². The fourth-order valence-corrected chi connectivity index (χ4v) is 2.02. The van der Waals surface area contributed by atoms with E-state index in [1.165, 1.54) is 11.1 Å². The van der Waals surface area contributed by atoms with Gasteiger partial charge in [-0.05, 0) is 13.8 Å². The number of cyclic esters (lactones) is 1. The summed E-state index contributed by atoms with van der Waals surface area (Å²) in [7, 11) is 0. The van der Waals surface area contributed by atoms with Crippen LogP contribution in [0.4, 0.5) is 4.79 Å². The number of piperazine rings is 1. The van der Waals surface area contributed by atoms with Gasteiger partial charge in [0, 0.05) is 25.3 Å².